The fourth-order valence-corrected chi connectivity index (χ4v) is 5.73. The van der Waals surface area contributed by atoms with Crippen LogP contribution >= 0.6 is 10.7 Å². The number of halogens is 1. The van der Waals surface area contributed by atoms with Crippen LogP contribution < -0.4 is 10.1 Å². The Morgan fingerprint density at radius 3 is 2.73 bits per heavy atom. The van der Waals surface area contributed by atoms with Gasteiger partial charge in [-0.2, -0.15) is 0 Å². The molecule has 2 aliphatic rings. The molecule has 1 N–H and O–H groups in total. The summed E-state index contributed by atoms with van der Waals surface area (Å²) in [5.41, 5.74) is -0.443. The number of amides is 1. The molecule has 0 heterocycles. The Balaban J connectivity index is 1.68. The number of hydrogen-bond acceptors (Lipinski definition) is 4. The predicted molar refractivity (Wildman–Crippen MR) is 83.4 cm³/mol. The zero-order valence-electron chi connectivity index (χ0n) is 12.0. The minimum atomic E-state index is -3.60. The normalized spacial score (nSPS) is 30.2. The van der Waals surface area contributed by atoms with Crippen LogP contribution in [-0.4, -0.2) is 26.3 Å². The SMILES string of the molecule is O=C(NC1CC2CCC1(CS(=O)(=O)Cl)C2)Oc1ccccc1. The number of ether oxygens (including phenoxy) is 1. The van der Waals surface area contributed by atoms with E-state index in [4.69, 9.17) is 15.4 Å². The lowest BCUT2D eigenvalue weighted by Gasteiger charge is -2.34. The van der Waals surface area contributed by atoms with Crippen molar-refractivity contribution >= 4 is 25.8 Å². The molecule has 3 rings (SSSR count). The maximum atomic E-state index is 12.0. The molecule has 0 spiro atoms. The van der Waals surface area contributed by atoms with Gasteiger partial charge in [-0.1, -0.05) is 18.2 Å². The third kappa shape index (κ3) is 3.38. The zero-order valence-corrected chi connectivity index (χ0v) is 13.6. The lowest BCUT2D eigenvalue weighted by Crippen LogP contribution is -2.48. The van der Waals surface area contributed by atoms with Gasteiger partial charge in [-0.15, -0.1) is 0 Å². The van der Waals surface area contributed by atoms with Gasteiger partial charge in [0.2, 0.25) is 9.05 Å². The van der Waals surface area contributed by atoms with E-state index in [9.17, 15) is 13.2 Å². The third-order valence-corrected chi connectivity index (χ3v) is 6.01. The summed E-state index contributed by atoms with van der Waals surface area (Å²) in [6.07, 6.45) is 2.82. The monoisotopic (exact) mass is 343 g/mol. The first-order valence-electron chi connectivity index (χ1n) is 7.32. The lowest BCUT2D eigenvalue weighted by atomic mass is 9.81. The number of nitrogens with one attached hydrogen (secondary N) is 1. The van der Waals surface area contributed by atoms with Crippen LogP contribution in [-0.2, 0) is 9.05 Å². The number of fused-ring (bicyclic) bond motifs is 2. The summed E-state index contributed by atoms with van der Waals surface area (Å²) in [6.45, 7) is 0. The molecule has 2 bridgehead atoms. The highest BCUT2D eigenvalue weighted by atomic mass is 35.7. The third-order valence-electron chi connectivity index (χ3n) is 4.76. The van der Waals surface area contributed by atoms with Crippen molar-refractivity contribution in [3.05, 3.63) is 30.3 Å². The van der Waals surface area contributed by atoms with E-state index in [2.05, 4.69) is 5.32 Å². The standard InChI is InChI=1S/C15H18ClNO4S/c16-22(19,20)10-15-7-6-11(9-15)8-13(15)17-14(18)21-12-4-2-1-3-5-12/h1-5,11,13H,6-10H2,(H,17,18). The Morgan fingerprint density at radius 2 is 2.09 bits per heavy atom. The maximum absolute atomic E-state index is 12.0. The topological polar surface area (TPSA) is 72.5 Å². The highest BCUT2D eigenvalue weighted by Crippen LogP contribution is 2.55. The van der Waals surface area contributed by atoms with Crippen molar-refractivity contribution in [1.29, 1.82) is 0 Å². The zero-order chi connectivity index (χ0) is 15.8. The average Bonchev–Trinajstić information content (AvgIpc) is 2.94. The van der Waals surface area contributed by atoms with Crippen LogP contribution in [0.15, 0.2) is 30.3 Å². The molecule has 0 aliphatic heterocycles. The molecule has 0 radical (unpaired) electrons. The quantitative estimate of drug-likeness (QED) is 0.853. The van der Waals surface area contributed by atoms with Gasteiger partial charge >= 0.3 is 6.09 Å². The molecule has 2 fully saturated rings. The van der Waals surface area contributed by atoms with Gasteiger partial charge in [0.15, 0.2) is 0 Å². The van der Waals surface area contributed by atoms with Crippen LogP contribution in [0.4, 0.5) is 4.79 Å². The summed E-state index contributed by atoms with van der Waals surface area (Å²) in [4.78, 5) is 12.0. The first-order chi connectivity index (χ1) is 10.4. The van der Waals surface area contributed by atoms with Gasteiger partial charge in [-0.3, -0.25) is 0 Å². The Morgan fingerprint density at radius 1 is 1.36 bits per heavy atom. The summed E-state index contributed by atoms with van der Waals surface area (Å²) < 4.78 is 28.3. The van der Waals surface area contributed by atoms with Gasteiger partial charge < -0.3 is 10.1 Å². The van der Waals surface area contributed by atoms with Crippen molar-refractivity contribution in [2.45, 2.75) is 31.7 Å². The van der Waals surface area contributed by atoms with Crippen molar-refractivity contribution in [2.24, 2.45) is 11.3 Å². The molecule has 3 atom stereocenters. The van der Waals surface area contributed by atoms with E-state index in [1.807, 2.05) is 6.07 Å². The number of carbonyl (C=O) groups excluding carboxylic acids is 1. The number of rotatable bonds is 4. The van der Waals surface area contributed by atoms with Crippen LogP contribution in [0, 0.1) is 11.3 Å². The van der Waals surface area contributed by atoms with Crippen LogP contribution in [0.3, 0.4) is 0 Å². The number of para-hydroxylation sites is 1. The van der Waals surface area contributed by atoms with Gasteiger partial charge in [0.1, 0.15) is 5.75 Å². The van der Waals surface area contributed by atoms with E-state index in [1.54, 1.807) is 24.3 Å². The molecule has 2 saturated carbocycles. The fourth-order valence-electron chi connectivity index (χ4n) is 3.93. The van der Waals surface area contributed by atoms with Crippen LogP contribution in [0.1, 0.15) is 25.7 Å². The van der Waals surface area contributed by atoms with Crippen LogP contribution in [0.5, 0.6) is 5.75 Å². The Kier molecular flexibility index (Phi) is 4.07. The molecule has 1 amide bonds. The van der Waals surface area contributed by atoms with E-state index < -0.39 is 20.6 Å². The molecule has 22 heavy (non-hydrogen) atoms. The Hall–Kier alpha value is -1.27. The molecule has 1 aromatic rings. The van der Waals surface area contributed by atoms with Crippen molar-refractivity contribution in [3.63, 3.8) is 0 Å². The smallest absolute Gasteiger partial charge is 0.410 e. The average molecular weight is 344 g/mol. The van der Waals surface area contributed by atoms with Gasteiger partial charge in [-0.05, 0) is 43.7 Å². The summed E-state index contributed by atoms with van der Waals surface area (Å²) in [6, 6.07) is 8.58. The summed E-state index contributed by atoms with van der Waals surface area (Å²) in [7, 11) is 1.86. The largest absolute Gasteiger partial charge is 0.412 e. The first-order valence-corrected chi connectivity index (χ1v) is 9.80. The summed E-state index contributed by atoms with van der Waals surface area (Å²) in [5.74, 6) is 0.830. The second-order valence-corrected chi connectivity index (χ2v) is 9.07. The molecular weight excluding hydrogens is 326 g/mol. The number of carbonyl (C=O) groups is 1. The van der Waals surface area contributed by atoms with E-state index in [0.29, 0.717) is 11.7 Å². The number of hydrogen-bond donors (Lipinski definition) is 1. The van der Waals surface area contributed by atoms with Gasteiger partial charge in [-0.25, -0.2) is 13.2 Å². The molecule has 3 unspecified atom stereocenters. The highest BCUT2D eigenvalue weighted by molar-refractivity contribution is 8.13. The second kappa shape index (κ2) is 5.74. The lowest BCUT2D eigenvalue weighted by molar-refractivity contribution is 0.176. The van der Waals surface area contributed by atoms with Crippen molar-refractivity contribution in [2.75, 3.05) is 5.75 Å². The Labute approximate surface area is 134 Å². The molecule has 2 aliphatic carbocycles. The van der Waals surface area contributed by atoms with Crippen molar-refractivity contribution in [1.82, 2.24) is 5.32 Å². The minimum Gasteiger partial charge on any atom is -0.410 e. The van der Waals surface area contributed by atoms with E-state index in [1.165, 1.54) is 0 Å². The first kappa shape index (κ1) is 15.6. The molecule has 0 aromatic heterocycles. The maximum Gasteiger partial charge on any atom is 0.412 e. The van der Waals surface area contributed by atoms with Gasteiger partial charge in [0.25, 0.3) is 0 Å². The fraction of sp³-hybridized carbons (Fsp3) is 0.533. The number of benzene rings is 1. The molecule has 120 valence electrons. The second-order valence-electron chi connectivity index (χ2n) is 6.29. The summed E-state index contributed by atoms with van der Waals surface area (Å²) in [5, 5.41) is 2.84. The van der Waals surface area contributed by atoms with Crippen molar-refractivity contribution in [3.8, 4) is 5.75 Å². The van der Waals surface area contributed by atoms with Crippen LogP contribution in [0.2, 0.25) is 0 Å². The van der Waals surface area contributed by atoms with E-state index >= 15 is 0 Å². The Bertz CT molecular complexity index is 663. The van der Waals surface area contributed by atoms with Crippen LogP contribution in [0.25, 0.3) is 0 Å². The molecular formula is C15H18ClNO4S. The molecule has 5 nitrogen and oxygen atoms in total. The van der Waals surface area contributed by atoms with Crippen molar-refractivity contribution < 1.29 is 17.9 Å². The van der Waals surface area contributed by atoms with E-state index in [0.717, 1.165) is 25.7 Å². The predicted octanol–water partition coefficient (Wildman–Crippen LogP) is 2.90. The molecule has 7 heteroatoms. The molecule has 0 saturated heterocycles. The van der Waals surface area contributed by atoms with Gasteiger partial charge in [0, 0.05) is 22.1 Å². The van der Waals surface area contributed by atoms with Gasteiger partial charge in [0.05, 0.1) is 5.75 Å². The minimum absolute atomic E-state index is 0.0889. The molecule has 1 aromatic carbocycles. The summed E-state index contributed by atoms with van der Waals surface area (Å²) >= 11 is 0. The highest BCUT2D eigenvalue weighted by Gasteiger charge is 2.54. The van der Waals surface area contributed by atoms with E-state index in [-0.39, 0.29) is 11.8 Å².